The molecule has 0 bridgehead atoms. The van der Waals surface area contributed by atoms with Crippen molar-refractivity contribution in [3.05, 3.63) is 60.2 Å². The lowest BCUT2D eigenvalue weighted by Gasteiger charge is -2.24. The average molecular weight is 241 g/mol. The van der Waals surface area contributed by atoms with Gasteiger partial charge < -0.3 is 10.4 Å². The van der Waals surface area contributed by atoms with Crippen LogP contribution in [-0.2, 0) is 0 Å². The van der Waals surface area contributed by atoms with Gasteiger partial charge in [-0.3, -0.25) is 0 Å². The first-order valence-electron chi connectivity index (χ1n) is 6.28. The fraction of sp³-hybridized carbons (Fsp3) is 0.250. The Morgan fingerprint density at radius 3 is 2.11 bits per heavy atom. The van der Waals surface area contributed by atoms with E-state index in [2.05, 4.69) is 19.2 Å². The van der Waals surface area contributed by atoms with Crippen molar-refractivity contribution in [1.82, 2.24) is 0 Å². The molecule has 94 valence electrons. The fourth-order valence-corrected chi connectivity index (χ4v) is 2.07. The molecule has 0 aromatic heterocycles. The molecule has 0 heterocycles. The zero-order valence-corrected chi connectivity index (χ0v) is 10.8. The van der Waals surface area contributed by atoms with E-state index >= 15 is 0 Å². The molecule has 0 fully saturated rings. The van der Waals surface area contributed by atoms with Crippen molar-refractivity contribution in [2.45, 2.75) is 19.9 Å². The minimum absolute atomic E-state index is 0.105. The second-order valence-electron chi connectivity index (χ2n) is 4.79. The Morgan fingerprint density at radius 1 is 0.889 bits per heavy atom. The summed E-state index contributed by atoms with van der Waals surface area (Å²) in [6, 6.07) is 17.7. The van der Waals surface area contributed by atoms with Crippen molar-refractivity contribution in [3.8, 4) is 5.75 Å². The van der Waals surface area contributed by atoms with Crippen molar-refractivity contribution < 1.29 is 5.11 Å². The van der Waals surface area contributed by atoms with Gasteiger partial charge in [-0.2, -0.15) is 0 Å². The Balaban J connectivity index is 2.27. The number of phenols is 1. The number of hydrogen-bond acceptors (Lipinski definition) is 2. The highest BCUT2D eigenvalue weighted by molar-refractivity contribution is 5.47. The highest BCUT2D eigenvalue weighted by Crippen LogP contribution is 2.31. The summed E-state index contributed by atoms with van der Waals surface area (Å²) in [6.45, 7) is 4.29. The second kappa shape index (κ2) is 5.58. The van der Waals surface area contributed by atoms with E-state index in [0.29, 0.717) is 11.7 Å². The van der Waals surface area contributed by atoms with Crippen LogP contribution in [0.1, 0.15) is 25.5 Å². The summed E-state index contributed by atoms with van der Waals surface area (Å²) in [5.41, 5.74) is 2.01. The van der Waals surface area contributed by atoms with E-state index < -0.39 is 0 Å². The average Bonchev–Trinajstić information content (AvgIpc) is 2.38. The maximum atomic E-state index is 9.97. The van der Waals surface area contributed by atoms with Gasteiger partial charge in [0.2, 0.25) is 0 Å². The monoisotopic (exact) mass is 241 g/mol. The summed E-state index contributed by atoms with van der Waals surface area (Å²) in [5.74, 6) is 0.734. The Morgan fingerprint density at radius 2 is 1.50 bits per heavy atom. The highest BCUT2D eigenvalue weighted by Gasteiger charge is 2.18. The van der Waals surface area contributed by atoms with E-state index in [-0.39, 0.29) is 6.04 Å². The number of para-hydroxylation sites is 2. The topological polar surface area (TPSA) is 32.3 Å². The molecule has 0 aliphatic carbocycles. The lowest BCUT2D eigenvalue weighted by atomic mass is 9.95. The maximum Gasteiger partial charge on any atom is 0.120 e. The molecule has 1 atom stereocenters. The van der Waals surface area contributed by atoms with Crippen molar-refractivity contribution in [1.29, 1.82) is 0 Å². The van der Waals surface area contributed by atoms with Crippen LogP contribution in [0.5, 0.6) is 5.75 Å². The highest BCUT2D eigenvalue weighted by atomic mass is 16.3. The third-order valence-electron chi connectivity index (χ3n) is 3.03. The standard InChI is InChI=1S/C16H19NO/c1-12(2)16(14-10-6-7-11-15(14)18)17-13-8-4-3-5-9-13/h3-12,16-18H,1-2H3. The molecule has 2 aromatic rings. The van der Waals surface area contributed by atoms with Crippen LogP contribution in [-0.4, -0.2) is 5.11 Å². The predicted octanol–water partition coefficient (Wildman–Crippen LogP) is 4.20. The first-order chi connectivity index (χ1) is 8.68. The van der Waals surface area contributed by atoms with E-state index in [1.54, 1.807) is 6.07 Å². The minimum atomic E-state index is 0.105. The van der Waals surface area contributed by atoms with Gasteiger partial charge >= 0.3 is 0 Å². The van der Waals surface area contributed by atoms with Gasteiger partial charge in [0.1, 0.15) is 5.75 Å². The molecule has 0 amide bonds. The lowest BCUT2D eigenvalue weighted by molar-refractivity contribution is 0.448. The van der Waals surface area contributed by atoms with Crippen LogP contribution in [0.2, 0.25) is 0 Å². The van der Waals surface area contributed by atoms with Gasteiger partial charge in [-0.25, -0.2) is 0 Å². The van der Waals surface area contributed by atoms with Crippen LogP contribution in [0, 0.1) is 5.92 Å². The maximum absolute atomic E-state index is 9.97. The summed E-state index contributed by atoms with van der Waals surface area (Å²) in [4.78, 5) is 0. The van der Waals surface area contributed by atoms with Crippen molar-refractivity contribution in [3.63, 3.8) is 0 Å². The number of rotatable bonds is 4. The number of nitrogens with one attached hydrogen (secondary N) is 1. The van der Waals surface area contributed by atoms with Gasteiger partial charge in [-0.1, -0.05) is 50.2 Å². The molecule has 0 aliphatic heterocycles. The molecular formula is C16H19NO. The van der Waals surface area contributed by atoms with Gasteiger partial charge in [0, 0.05) is 11.3 Å². The molecule has 2 N–H and O–H groups in total. The quantitative estimate of drug-likeness (QED) is 0.840. The molecule has 0 spiro atoms. The van der Waals surface area contributed by atoms with Crippen LogP contribution in [0.25, 0.3) is 0 Å². The van der Waals surface area contributed by atoms with E-state index in [9.17, 15) is 5.11 Å². The minimum Gasteiger partial charge on any atom is -0.508 e. The van der Waals surface area contributed by atoms with Gasteiger partial charge in [0.15, 0.2) is 0 Å². The van der Waals surface area contributed by atoms with E-state index in [4.69, 9.17) is 0 Å². The largest absolute Gasteiger partial charge is 0.508 e. The van der Waals surface area contributed by atoms with Gasteiger partial charge in [-0.05, 0) is 24.1 Å². The Labute approximate surface area is 108 Å². The van der Waals surface area contributed by atoms with Gasteiger partial charge in [-0.15, -0.1) is 0 Å². The zero-order chi connectivity index (χ0) is 13.0. The molecule has 1 unspecified atom stereocenters. The Kier molecular flexibility index (Phi) is 3.88. The molecule has 18 heavy (non-hydrogen) atoms. The molecule has 0 saturated heterocycles. The van der Waals surface area contributed by atoms with Crippen LogP contribution in [0.3, 0.4) is 0 Å². The first-order valence-corrected chi connectivity index (χ1v) is 6.28. The lowest BCUT2D eigenvalue weighted by Crippen LogP contribution is -2.16. The summed E-state index contributed by atoms with van der Waals surface area (Å²) >= 11 is 0. The molecule has 2 heteroatoms. The number of phenolic OH excluding ortho intramolecular Hbond substituents is 1. The molecule has 2 aromatic carbocycles. The van der Waals surface area contributed by atoms with Crippen molar-refractivity contribution >= 4 is 5.69 Å². The van der Waals surface area contributed by atoms with Crippen molar-refractivity contribution in [2.24, 2.45) is 5.92 Å². The van der Waals surface area contributed by atoms with Crippen molar-refractivity contribution in [2.75, 3.05) is 5.32 Å². The third kappa shape index (κ3) is 2.83. The second-order valence-corrected chi connectivity index (χ2v) is 4.79. The normalized spacial score (nSPS) is 12.4. The fourth-order valence-electron chi connectivity index (χ4n) is 2.07. The molecule has 2 nitrogen and oxygen atoms in total. The van der Waals surface area contributed by atoms with Gasteiger partial charge in [0.05, 0.1) is 6.04 Å². The number of hydrogen-bond donors (Lipinski definition) is 2. The summed E-state index contributed by atoms with van der Waals surface area (Å²) < 4.78 is 0. The molecule has 0 aliphatic rings. The molecule has 0 radical (unpaired) electrons. The summed E-state index contributed by atoms with van der Waals surface area (Å²) in [5, 5.41) is 13.4. The molecular weight excluding hydrogens is 222 g/mol. The predicted molar refractivity (Wildman–Crippen MR) is 75.8 cm³/mol. The third-order valence-corrected chi connectivity index (χ3v) is 3.03. The first kappa shape index (κ1) is 12.5. The van der Waals surface area contributed by atoms with Crippen LogP contribution in [0.4, 0.5) is 5.69 Å². The number of aromatic hydroxyl groups is 1. The molecule has 0 saturated carbocycles. The Hall–Kier alpha value is -1.96. The van der Waals surface area contributed by atoms with E-state index in [1.807, 2.05) is 48.5 Å². The SMILES string of the molecule is CC(C)C(Nc1ccccc1)c1ccccc1O. The van der Waals surface area contributed by atoms with E-state index in [1.165, 1.54) is 0 Å². The van der Waals surface area contributed by atoms with Crippen LogP contribution in [0.15, 0.2) is 54.6 Å². The zero-order valence-electron chi connectivity index (χ0n) is 10.8. The van der Waals surface area contributed by atoms with Gasteiger partial charge in [0.25, 0.3) is 0 Å². The number of benzene rings is 2. The molecule has 2 rings (SSSR count). The Bertz CT molecular complexity index is 493. The van der Waals surface area contributed by atoms with E-state index in [0.717, 1.165) is 11.3 Å². The van der Waals surface area contributed by atoms with Crippen LogP contribution >= 0.6 is 0 Å². The summed E-state index contributed by atoms with van der Waals surface area (Å²) in [7, 11) is 0. The number of anilines is 1. The summed E-state index contributed by atoms with van der Waals surface area (Å²) in [6.07, 6.45) is 0. The smallest absolute Gasteiger partial charge is 0.120 e. The van der Waals surface area contributed by atoms with Crippen LogP contribution < -0.4 is 5.32 Å².